The van der Waals surface area contributed by atoms with Gasteiger partial charge in [-0.3, -0.25) is 4.98 Å². The summed E-state index contributed by atoms with van der Waals surface area (Å²) >= 11 is 11.9. The Hall–Kier alpha value is -1.10. The lowest BCUT2D eigenvalue weighted by Crippen LogP contribution is -2.27. The highest BCUT2D eigenvalue weighted by Gasteiger charge is 2.08. The molecular weight excluding hydrogens is 273 g/mol. The van der Waals surface area contributed by atoms with Crippen molar-refractivity contribution in [2.75, 3.05) is 24.6 Å². The van der Waals surface area contributed by atoms with Crippen molar-refractivity contribution in [3.05, 3.63) is 28.4 Å². The number of rotatable bonds is 4. The number of benzene rings is 1. The first-order valence-electron chi connectivity index (χ1n) is 5.63. The zero-order valence-electron chi connectivity index (χ0n) is 9.90. The number of nitrogens with zero attached hydrogens (tertiary/aromatic N) is 3. The van der Waals surface area contributed by atoms with Gasteiger partial charge in [-0.15, -0.1) is 0 Å². The van der Waals surface area contributed by atoms with E-state index < -0.39 is 0 Å². The number of hydrogen-bond acceptors (Lipinski definition) is 4. The maximum absolute atomic E-state index is 8.99. The number of aliphatic hydroxyl groups is 1. The van der Waals surface area contributed by atoms with E-state index in [0.717, 1.165) is 12.4 Å². The molecule has 0 unspecified atom stereocenters. The summed E-state index contributed by atoms with van der Waals surface area (Å²) in [6, 6.07) is 3.39. The lowest BCUT2D eigenvalue weighted by Gasteiger charge is -2.20. The summed E-state index contributed by atoms with van der Waals surface area (Å²) in [5.41, 5.74) is 1.39. The first-order valence-corrected chi connectivity index (χ1v) is 6.39. The molecular formula is C12H13Cl2N3O. The molecule has 0 spiro atoms. The van der Waals surface area contributed by atoms with Gasteiger partial charge in [0.05, 0.1) is 33.9 Å². The van der Waals surface area contributed by atoms with Crippen molar-refractivity contribution in [2.24, 2.45) is 0 Å². The molecule has 0 aliphatic heterocycles. The first-order chi connectivity index (χ1) is 8.65. The third kappa shape index (κ3) is 2.66. The Morgan fingerprint density at radius 2 is 1.89 bits per heavy atom. The Labute approximate surface area is 115 Å². The van der Waals surface area contributed by atoms with Crippen LogP contribution in [0.2, 0.25) is 10.0 Å². The van der Waals surface area contributed by atoms with Gasteiger partial charge in [-0.05, 0) is 19.1 Å². The summed E-state index contributed by atoms with van der Waals surface area (Å²) < 4.78 is 0. The van der Waals surface area contributed by atoms with E-state index in [-0.39, 0.29) is 6.61 Å². The van der Waals surface area contributed by atoms with E-state index in [1.54, 1.807) is 18.3 Å². The quantitative estimate of drug-likeness (QED) is 0.939. The summed E-state index contributed by atoms with van der Waals surface area (Å²) in [4.78, 5) is 10.7. The van der Waals surface area contributed by atoms with E-state index in [1.165, 1.54) is 0 Å². The maximum Gasteiger partial charge on any atom is 0.147 e. The average molecular weight is 286 g/mol. The minimum atomic E-state index is 0.0783. The lowest BCUT2D eigenvalue weighted by molar-refractivity contribution is 0.302. The fourth-order valence-electron chi connectivity index (χ4n) is 1.71. The van der Waals surface area contributed by atoms with Crippen molar-refractivity contribution in [3.63, 3.8) is 0 Å². The van der Waals surface area contributed by atoms with Gasteiger partial charge in [0.25, 0.3) is 0 Å². The van der Waals surface area contributed by atoms with Crippen LogP contribution in [-0.4, -0.2) is 34.8 Å². The minimum Gasteiger partial charge on any atom is -0.395 e. The summed E-state index contributed by atoms with van der Waals surface area (Å²) in [7, 11) is 0. The highest BCUT2D eigenvalue weighted by atomic mass is 35.5. The zero-order chi connectivity index (χ0) is 13.1. The van der Waals surface area contributed by atoms with E-state index in [1.807, 2.05) is 11.8 Å². The van der Waals surface area contributed by atoms with Crippen LogP contribution >= 0.6 is 23.2 Å². The largest absolute Gasteiger partial charge is 0.395 e. The molecule has 0 saturated heterocycles. The van der Waals surface area contributed by atoms with Gasteiger partial charge in [0, 0.05) is 13.1 Å². The van der Waals surface area contributed by atoms with Crippen LogP contribution in [0.3, 0.4) is 0 Å². The van der Waals surface area contributed by atoms with Crippen molar-refractivity contribution < 1.29 is 5.11 Å². The van der Waals surface area contributed by atoms with Crippen molar-refractivity contribution >= 4 is 40.1 Å². The van der Waals surface area contributed by atoms with Gasteiger partial charge >= 0.3 is 0 Å². The Bertz CT molecular complexity index is 562. The third-order valence-corrected chi connectivity index (χ3v) is 3.37. The molecule has 0 fully saturated rings. The van der Waals surface area contributed by atoms with Gasteiger partial charge in [0.1, 0.15) is 5.82 Å². The fraction of sp³-hybridized carbons (Fsp3) is 0.333. The highest BCUT2D eigenvalue weighted by molar-refractivity contribution is 6.42. The van der Waals surface area contributed by atoms with Gasteiger partial charge < -0.3 is 10.0 Å². The van der Waals surface area contributed by atoms with Gasteiger partial charge in [0.2, 0.25) is 0 Å². The zero-order valence-corrected chi connectivity index (χ0v) is 11.4. The van der Waals surface area contributed by atoms with Gasteiger partial charge in [0.15, 0.2) is 0 Å². The van der Waals surface area contributed by atoms with E-state index >= 15 is 0 Å². The van der Waals surface area contributed by atoms with Crippen LogP contribution in [0, 0.1) is 0 Å². The monoisotopic (exact) mass is 285 g/mol. The highest BCUT2D eigenvalue weighted by Crippen LogP contribution is 2.26. The number of halogens is 2. The summed E-state index contributed by atoms with van der Waals surface area (Å²) in [6.45, 7) is 3.35. The molecule has 0 aliphatic carbocycles. The van der Waals surface area contributed by atoms with Crippen molar-refractivity contribution in [3.8, 4) is 0 Å². The predicted molar refractivity (Wildman–Crippen MR) is 74.5 cm³/mol. The number of anilines is 1. The smallest absolute Gasteiger partial charge is 0.147 e. The number of aliphatic hydroxyl groups excluding tert-OH is 1. The minimum absolute atomic E-state index is 0.0783. The average Bonchev–Trinajstić information content (AvgIpc) is 2.37. The molecule has 0 atom stereocenters. The Kier molecular flexibility index (Phi) is 4.22. The number of fused-ring (bicyclic) bond motifs is 1. The molecule has 0 saturated carbocycles. The Balaban J connectivity index is 2.46. The topological polar surface area (TPSA) is 49.2 Å². The van der Waals surface area contributed by atoms with Crippen LogP contribution in [0.1, 0.15) is 6.92 Å². The fourth-order valence-corrected chi connectivity index (χ4v) is 2.02. The van der Waals surface area contributed by atoms with Crippen molar-refractivity contribution in [1.82, 2.24) is 9.97 Å². The standard InChI is InChI=1S/C12H13Cl2N3O/c1-2-17(3-4-18)12-7-15-10-5-8(13)9(14)6-11(10)16-12/h5-7,18H,2-4H2,1H3. The number of aromatic nitrogens is 2. The molecule has 96 valence electrons. The second-order valence-corrected chi connectivity index (χ2v) is 4.60. The van der Waals surface area contributed by atoms with E-state index in [2.05, 4.69) is 9.97 Å². The Morgan fingerprint density at radius 3 is 2.50 bits per heavy atom. The SMILES string of the molecule is CCN(CCO)c1cnc2cc(Cl)c(Cl)cc2n1. The molecule has 0 aliphatic rings. The van der Waals surface area contributed by atoms with Crippen LogP contribution in [0.25, 0.3) is 11.0 Å². The molecule has 0 amide bonds. The first kappa shape index (κ1) is 13.3. The summed E-state index contributed by atoms with van der Waals surface area (Å²) in [5.74, 6) is 0.720. The molecule has 2 aromatic rings. The molecule has 1 N–H and O–H groups in total. The molecule has 1 heterocycles. The molecule has 6 heteroatoms. The molecule has 0 radical (unpaired) electrons. The third-order valence-electron chi connectivity index (χ3n) is 2.65. The van der Waals surface area contributed by atoms with Gasteiger partial charge in [-0.25, -0.2) is 4.98 Å². The molecule has 2 rings (SSSR count). The summed E-state index contributed by atoms with van der Waals surface area (Å²) in [6.07, 6.45) is 1.67. The van der Waals surface area contributed by atoms with Crippen LogP contribution in [0.4, 0.5) is 5.82 Å². The molecule has 18 heavy (non-hydrogen) atoms. The van der Waals surface area contributed by atoms with Gasteiger partial charge in [-0.1, -0.05) is 23.2 Å². The molecule has 4 nitrogen and oxygen atoms in total. The van der Waals surface area contributed by atoms with E-state index in [0.29, 0.717) is 27.6 Å². The van der Waals surface area contributed by atoms with Gasteiger partial charge in [-0.2, -0.15) is 0 Å². The second-order valence-electron chi connectivity index (χ2n) is 3.79. The molecule has 1 aromatic heterocycles. The normalized spacial score (nSPS) is 10.9. The van der Waals surface area contributed by atoms with Crippen LogP contribution < -0.4 is 4.90 Å². The summed E-state index contributed by atoms with van der Waals surface area (Å²) in [5, 5.41) is 9.92. The van der Waals surface area contributed by atoms with Crippen LogP contribution in [0.5, 0.6) is 0 Å². The van der Waals surface area contributed by atoms with E-state index in [9.17, 15) is 0 Å². The van der Waals surface area contributed by atoms with Crippen molar-refractivity contribution in [2.45, 2.75) is 6.92 Å². The van der Waals surface area contributed by atoms with Crippen LogP contribution in [0.15, 0.2) is 18.3 Å². The van der Waals surface area contributed by atoms with E-state index in [4.69, 9.17) is 28.3 Å². The number of likely N-dealkylation sites (N-methyl/N-ethyl adjacent to an activating group) is 1. The van der Waals surface area contributed by atoms with Crippen molar-refractivity contribution in [1.29, 1.82) is 0 Å². The van der Waals surface area contributed by atoms with Crippen LogP contribution in [-0.2, 0) is 0 Å². The molecule has 0 bridgehead atoms. The predicted octanol–water partition coefficient (Wildman–Crippen LogP) is 2.76. The number of hydrogen-bond donors (Lipinski definition) is 1. The second kappa shape index (κ2) is 5.69. The lowest BCUT2D eigenvalue weighted by atomic mass is 10.3. The molecule has 1 aromatic carbocycles. The Morgan fingerprint density at radius 1 is 1.22 bits per heavy atom. The maximum atomic E-state index is 8.99.